The Kier molecular flexibility index (Phi) is 5.77. The van der Waals surface area contributed by atoms with E-state index in [1.54, 1.807) is 6.08 Å². The molecule has 0 bridgehead atoms. The Morgan fingerprint density at radius 2 is 2.10 bits per heavy atom. The van der Waals surface area contributed by atoms with Crippen LogP contribution < -0.4 is 5.43 Å². The number of hydrazone groups is 1. The van der Waals surface area contributed by atoms with E-state index in [4.69, 9.17) is 17.0 Å². The highest BCUT2D eigenvalue weighted by Crippen LogP contribution is 2.10. The van der Waals surface area contributed by atoms with Crippen molar-refractivity contribution in [1.29, 1.82) is 0 Å². The summed E-state index contributed by atoms with van der Waals surface area (Å²) in [6.07, 6.45) is 4.50. The number of hydrogen-bond acceptors (Lipinski definition) is 3. The van der Waals surface area contributed by atoms with Crippen LogP contribution in [0.15, 0.2) is 29.4 Å². The molecule has 0 radical (unpaired) electrons. The number of thiocarbonyl (C=S) groups is 1. The van der Waals surface area contributed by atoms with Gasteiger partial charge in [-0.15, -0.1) is 0 Å². The normalized spacial score (nSPS) is 15.8. The molecular formula is C14H15F2N3OS. The molecule has 0 unspecified atom stereocenters. The lowest BCUT2D eigenvalue weighted by molar-refractivity contribution is 0.0677. The molecule has 4 nitrogen and oxygen atoms in total. The van der Waals surface area contributed by atoms with Crippen LogP contribution in [0.2, 0.25) is 0 Å². The van der Waals surface area contributed by atoms with E-state index in [1.807, 2.05) is 4.90 Å². The molecule has 0 atom stereocenters. The number of halogens is 2. The summed E-state index contributed by atoms with van der Waals surface area (Å²) in [5.74, 6) is -1.22. The second kappa shape index (κ2) is 7.80. The molecule has 1 N–H and O–H groups in total. The third-order valence-electron chi connectivity index (χ3n) is 2.86. The summed E-state index contributed by atoms with van der Waals surface area (Å²) < 4.78 is 31.3. The zero-order valence-electron chi connectivity index (χ0n) is 11.3. The van der Waals surface area contributed by atoms with Gasteiger partial charge in [-0.05, 0) is 30.4 Å². The summed E-state index contributed by atoms with van der Waals surface area (Å²) in [7, 11) is 0. The van der Waals surface area contributed by atoms with Gasteiger partial charge in [0.15, 0.2) is 5.11 Å². The average Bonchev–Trinajstić information content (AvgIpc) is 2.49. The van der Waals surface area contributed by atoms with Crippen molar-refractivity contribution in [3.8, 4) is 0 Å². The molecule has 0 saturated carbocycles. The van der Waals surface area contributed by atoms with E-state index >= 15 is 0 Å². The molecule has 1 heterocycles. The maximum Gasteiger partial charge on any atom is 0.189 e. The van der Waals surface area contributed by atoms with Crippen LogP contribution in [-0.2, 0) is 4.74 Å². The zero-order chi connectivity index (χ0) is 15.1. The van der Waals surface area contributed by atoms with Crippen molar-refractivity contribution < 1.29 is 13.5 Å². The topological polar surface area (TPSA) is 36.9 Å². The summed E-state index contributed by atoms with van der Waals surface area (Å²) in [5.41, 5.74) is 3.02. The standard InChI is InChI=1S/C14H15F2N3OS/c15-12-4-3-11(13(16)10-12)2-1-5-17-18-14(21)19-6-8-20-9-7-19/h1-5,10H,6-9H2,(H,18,21)/b2-1+,17-5+. The van der Waals surface area contributed by atoms with Crippen molar-refractivity contribution >= 4 is 29.6 Å². The van der Waals surface area contributed by atoms with E-state index in [1.165, 1.54) is 24.4 Å². The van der Waals surface area contributed by atoms with E-state index < -0.39 is 11.6 Å². The first kappa shape index (κ1) is 15.5. The molecule has 1 aliphatic heterocycles. The van der Waals surface area contributed by atoms with Crippen LogP contribution >= 0.6 is 12.2 Å². The first-order chi connectivity index (χ1) is 10.2. The summed E-state index contributed by atoms with van der Waals surface area (Å²) in [6.45, 7) is 2.76. The molecule has 1 aliphatic rings. The van der Waals surface area contributed by atoms with Crippen LogP contribution in [0, 0.1) is 11.6 Å². The molecule has 1 aromatic rings. The highest BCUT2D eigenvalue weighted by atomic mass is 32.1. The van der Waals surface area contributed by atoms with Gasteiger partial charge in [0.2, 0.25) is 0 Å². The van der Waals surface area contributed by atoms with Gasteiger partial charge in [0.1, 0.15) is 11.6 Å². The van der Waals surface area contributed by atoms with Crippen molar-refractivity contribution in [2.24, 2.45) is 5.10 Å². The van der Waals surface area contributed by atoms with Crippen molar-refractivity contribution in [2.75, 3.05) is 26.3 Å². The highest BCUT2D eigenvalue weighted by Gasteiger charge is 2.12. The van der Waals surface area contributed by atoms with E-state index in [-0.39, 0.29) is 0 Å². The van der Waals surface area contributed by atoms with Crippen molar-refractivity contribution in [3.63, 3.8) is 0 Å². The molecule has 0 aromatic heterocycles. The van der Waals surface area contributed by atoms with Crippen LogP contribution in [0.4, 0.5) is 8.78 Å². The highest BCUT2D eigenvalue weighted by molar-refractivity contribution is 7.80. The van der Waals surface area contributed by atoms with Gasteiger partial charge >= 0.3 is 0 Å². The van der Waals surface area contributed by atoms with Crippen molar-refractivity contribution in [1.82, 2.24) is 10.3 Å². The molecule has 0 amide bonds. The number of benzene rings is 1. The minimum absolute atomic E-state index is 0.290. The van der Waals surface area contributed by atoms with E-state index in [0.29, 0.717) is 23.9 Å². The molecule has 7 heteroatoms. The number of nitrogens with zero attached hydrogens (tertiary/aromatic N) is 2. The Bertz CT molecular complexity index is 557. The van der Waals surface area contributed by atoms with Crippen LogP contribution in [-0.4, -0.2) is 42.5 Å². The van der Waals surface area contributed by atoms with Gasteiger partial charge in [-0.1, -0.05) is 6.08 Å². The molecule has 112 valence electrons. The fourth-order valence-electron chi connectivity index (χ4n) is 1.76. The van der Waals surface area contributed by atoms with E-state index in [2.05, 4.69) is 10.5 Å². The van der Waals surface area contributed by atoms with Crippen LogP contribution in [0.1, 0.15) is 5.56 Å². The lowest BCUT2D eigenvalue weighted by atomic mass is 10.2. The van der Waals surface area contributed by atoms with E-state index in [0.717, 1.165) is 19.2 Å². The number of rotatable bonds is 3. The first-order valence-electron chi connectivity index (χ1n) is 6.44. The molecule has 0 aliphatic carbocycles. The number of nitrogens with one attached hydrogen (secondary N) is 1. The van der Waals surface area contributed by atoms with Gasteiger partial charge < -0.3 is 9.64 Å². The van der Waals surface area contributed by atoms with Gasteiger partial charge in [0, 0.05) is 30.9 Å². The van der Waals surface area contributed by atoms with Gasteiger partial charge in [-0.2, -0.15) is 5.10 Å². The van der Waals surface area contributed by atoms with E-state index in [9.17, 15) is 8.78 Å². The van der Waals surface area contributed by atoms with Gasteiger partial charge in [0.25, 0.3) is 0 Å². The van der Waals surface area contributed by atoms with Crippen LogP contribution in [0.25, 0.3) is 6.08 Å². The lowest BCUT2D eigenvalue weighted by Gasteiger charge is -2.28. The fraction of sp³-hybridized carbons (Fsp3) is 0.286. The van der Waals surface area contributed by atoms with Crippen LogP contribution in [0.5, 0.6) is 0 Å². The molecule has 1 aromatic carbocycles. The second-order valence-electron chi connectivity index (χ2n) is 4.32. The largest absolute Gasteiger partial charge is 0.378 e. The Morgan fingerprint density at radius 3 is 2.81 bits per heavy atom. The quantitative estimate of drug-likeness (QED) is 0.527. The molecule has 21 heavy (non-hydrogen) atoms. The Morgan fingerprint density at radius 1 is 1.33 bits per heavy atom. The van der Waals surface area contributed by atoms with Gasteiger partial charge in [-0.3, -0.25) is 5.43 Å². The predicted octanol–water partition coefficient (Wildman–Crippen LogP) is 2.17. The molecule has 2 rings (SSSR count). The monoisotopic (exact) mass is 311 g/mol. The Labute approximate surface area is 127 Å². The second-order valence-corrected chi connectivity index (χ2v) is 4.71. The smallest absolute Gasteiger partial charge is 0.189 e. The third kappa shape index (κ3) is 4.87. The van der Waals surface area contributed by atoms with Gasteiger partial charge in [0.05, 0.1) is 13.2 Å². The summed E-state index contributed by atoms with van der Waals surface area (Å²) in [4.78, 5) is 1.96. The Balaban J connectivity index is 1.81. The maximum absolute atomic E-state index is 13.3. The molecule has 0 spiro atoms. The number of allylic oxidation sites excluding steroid dienone is 1. The minimum atomic E-state index is -0.614. The summed E-state index contributed by atoms with van der Waals surface area (Å²) in [6, 6.07) is 3.40. The number of morpholine rings is 1. The maximum atomic E-state index is 13.3. The molecule has 1 saturated heterocycles. The predicted molar refractivity (Wildman–Crippen MR) is 82.0 cm³/mol. The Hall–Kier alpha value is -1.86. The zero-order valence-corrected chi connectivity index (χ0v) is 12.1. The summed E-state index contributed by atoms with van der Waals surface area (Å²) in [5, 5.41) is 4.45. The van der Waals surface area contributed by atoms with Crippen molar-refractivity contribution in [2.45, 2.75) is 0 Å². The lowest BCUT2D eigenvalue weighted by Crippen LogP contribution is -2.44. The number of hydrogen-bond donors (Lipinski definition) is 1. The number of ether oxygens (including phenoxy) is 1. The fourth-order valence-corrected chi connectivity index (χ4v) is 1.99. The van der Waals surface area contributed by atoms with Gasteiger partial charge in [-0.25, -0.2) is 8.78 Å². The SMILES string of the molecule is Fc1ccc(/C=C/C=N/NC(=S)N2CCOCC2)c(F)c1. The van der Waals surface area contributed by atoms with Crippen LogP contribution in [0.3, 0.4) is 0 Å². The average molecular weight is 311 g/mol. The third-order valence-corrected chi connectivity index (χ3v) is 3.21. The first-order valence-corrected chi connectivity index (χ1v) is 6.85. The molecular weight excluding hydrogens is 296 g/mol. The molecule has 1 fully saturated rings. The van der Waals surface area contributed by atoms with Crippen molar-refractivity contribution in [3.05, 3.63) is 41.5 Å². The minimum Gasteiger partial charge on any atom is -0.378 e. The summed E-state index contributed by atoms with van der Waals surface area (Å²) >= 11 is 5.17.